The zero-order valence-corrected chi connectivity index (χ0v) is 17.6. The van der Waals surface area contributed by atoms with E-state index in [1.165, 1.54) is 29.5 Å². The summed E-state index contributed by atoms with van der Waals surface area (Å²) < 4.78 is 15.1. The van der Waals surface area contributed by atoms with Gasteiger partial charge in [-0.3, -0.25) is 4.79 Å². The Balaban J connectivity index is 1.64. The number of carbonyl (C=O) groups excluding carboxylic acids is 1. The van der Waals surface area contributed by atoms with Gasteiger partial charge in [0.05, 0.1) is 11.3 Å². The fourth-order valence-electron chi connectivity index (χ4n) is 3.01. The number of benzene rings is 2. The van der Waals surface area contributed by atoms with Gasteiger partial charge in [-0.05, 0) is 44.0 Å². The van der Waals surface area contributed by atoms with E-state index in [1.807, 2.05) is 43.5 Å². The second-order valence-corrected chi connectivity index (χ2v) is 8.16. The van der Waals surface area contributed by atoms with E-state index < -0.39 is 0 Å². The minimum atomic E-state index is -0.336. The summed E-state index contributed by atoms with van der Waals surface area (Å²) in [5.41, 5.74) is 2.03. The maximum absolute atomic E-state index is 13.1. The first-order chi connectivity index (χ1) is 14.0. The predicted molar refractivity (Wildman–Crippen MR) is 113 cm³/mol. The van der Waals surface area contributed by atoms with Crippen molar-refractivity contribution in [3.05, 3.63) is 77.4 Å². The molecule has 0 fully saturated rings. The highest BCUT2D eigenvalue weighted by Gasteiger charge is 2.21. The van der Waals surface area contributed by atoms with Crippen LogP contribution in [-0.4, -0.2) is 25.9 Å². The summed E-state index contributed by atoms with van der Waals surface area (Å²) in [4.78, 5) is 12.6. The van der Waals surface area contributed by atoms with Crippen molar-refractivity contribution in [2.45, 2.75) is 50.2 Å². The zero-order chi connectivity index (χ0) is 20.8. The molecule has 5 nitrogen and oxygen atoms in total. The van der Waals surface area contributed by atoms with Gasteiger partial charge in [0.15, 0.2) is 5.16 Å². The Morgan fingerprint density at radius 2 is 1.79 bits per heavy atom. The summed E-state index contributed by atoms with van der Waals surface area (Å²) in [5.74, 6) is 0.497. The molecule has 0 aliphatic heterocycles. The maximum atomic E-state index is 13.1. The van der Waals surface area contributed by atoms with Gasteiger partial charge >= 0.3 is 0 Å². The van der Waals surface area contributed by atoms with Gasteiger partial charge in [0.1, 0.15) is 11.6 Å². The zero-order valence-electron chi connectivity index (χ0n) is 16.8. The Kier molecular flexibility index (Phi) is 7.04. The molecule has 0 bridgehead atoms. The van der Waals surface area contributed by atoms with Crippen molar-refractivity contribution in [1.29, 1.82) is 0 Å². The molecular formula is C22H25FN4OS. The Bertz CT molecular complexity index is 943. The lowest BCUT2D eigenvalue weighted by Gasteiger charge is -2.18. The fraction of sp³-hybridized carbons (Fsp3) is 0.318. The first kappa shape index (κ1) is 21.0. The van der Waals surface area contributed by atoms with Crippen molar-refractivity contribution < 1.29 is 9.18 Å². The second-order valence-electron chi connectivity index (χ2n) is 6.85. The summed E-state index contributed by atoms with van der Waals surface area (Å²) in [6, 6.07) is 16.1. The number of halogens is 1. The third-order valence-electron chi connectivity index (χ3n) is 4.69. The molecule has 2 atom stereocenters. The second kappa shape index (κ2) is 9.69. The number of aromatic nitrogens is 3. The molecule has 0 saturated heterocycles. The van der Waals surface area contributed by atoms with Crippen molar-refractivity contribution in [2.24, 2.45) is 0 Å². The molecule has 152 valence electrons. The van der Waals surface area contributed by atoms with Gasteiger partial charge in [-0.1, -0.05) is 54.2 Å². The molecule has 1 amide bonds. The van der Waals surface area contributed by atoms with Crippen molar-refractivity contribution in [1.82, 2.24) is 20.1 Å². The van der Waals surface area contributed by atoms with Gasteiger partial charge < -0.3 is 9.88 Å². The van der Waals surface area contributed by atoms with Gasteiger partial charge in [0.25, 0.3) is 0 Å². The molecule has 0 aliphatic carbocycles. The molecule has 0 unspecified atom stereocenters. The van der Waals surface area contributed by atoms with Crippen LogP contribution in [0.15, 0.2) is 59.8 Å². The average molecular weight is 413 g/mol. The van der Waals surface area contributed by atoms with Crippen LogP contribution < -0.4 is 5.32 Å². The number of thioether (sulfide) groups is 1. The van der Waals surface area contributed by atoms with Crippen LogP contribution in [0, 0.1) is 5.82 Å². The van der Waals surface area contributed by atoms with E-state index >= 15 is 0 Å². The predicted octanol–water partition coefficient (Wildman–Crippen LogP) is 4.39. The minimum absolute atomic E-state index is 0.0953. The van der Waals surface area contributed by atoms with Crippen molar-refractivity contribution >= 4 is 17.7 Å². The highest BCUT2D eigenvalue weighted by molar-refractivity contribution is 8.00. The monoisotopic (exact) mass is 412 g/mol. The molecule has 1 heterocycles. The molecule has 29 heavy (non-hydrogen) atoms. The van der Waals surface area contributed by atoms with Crippen molar-refractivity contribution in [2.75, 3.05) is 0 Å². The van der Waals surface area contributed by atoms with E-state index in [0.717, 1.165) is 23.1 Å². The van der Waals surface area contributed by atoms with E-state index in [1.54, 1.807) is 12.1 Å². The van der Waals surface area contributed by atoms with E-state index in [2.05, 4.69) is 27.6 Å². The van der Waals surface area contributed by atoms with Gasteiger partial charge in [0, 0.05) is 13.0 Å². The number of rotatable bonds is 8. The van der Waals surface area contributed by atoms with Crippen LogP contribution >= 0.6 is 11.8 Å². The number of carbonyl (C=O) groups is 1. The van der Waals surface area contributed by atoms with Gasteiger partial charge in [0.2, 0.25) is 5.91 Å². The third-order valence-corrected chi connectivity index (χ3v) is 5.78. The van der Waals surface area contributed by atoms with Gasteiger partial charge in [-0.2, -0.15) is 0 Å². The van der Waals surface area contributed by atoms with Crippen LogP contribution in [0.5, 0.6) is 0 Å². The summed E-state index contributed by atoms with van der Waals surface area (Å²) in [5, 5.41) is 12.0. The van der Waals surface area contributed by atoms with E-state index in [0.29, 0.717) is 6.42 Å². The highest BCUT2D eigenvalue weighted by atomic mass is 32.2. The summed E-state index contributed by atoms with van der Waals surface area (Å²) in [7, 11) is 0. The third kappa shape index (κ3) is 5.44. The van der Waals surface area contributed by atoms with Crippen LogP contribution in [0.3, 0.4) is 0 Å². The van der Waals surface area contributed by atoms with Crippen LogP contribution in [0.2, 0.25) is 0 Å². The normalized spacial score (nSPS) is 13.1. The topological polar surface area (TPSA) is 59.8 Å². The van der Waals surface area contributed by atoms with Gasteiger partial charge in [-0.15, -0.1) is 10.2 Å². The summed E-state index contributed by atoms with van der Waals surface area (Å²) >= 11 is 1.39. The Morgan fingerprint density at radius 1 is 1.10 bits per heavy atom. The van der Waals surface area contributed by atoms with Crippen molar-refractivity contribution in [3.8, 4) is 0 Å². The number of nitrogens with zero attached hydrogens (tertiary/aromatic N) is 3. The molecule has 0 radical (unpaired) electrons. The molecule has 3 rings (SSSR count). The van der Waals surface area contributed by atoms with Gasteiger partial charge in [-0.25, -0.2) is 4.39 Å². The Hall–Kier alpha value is -2.67. The van der Waals surface area contributed by atoms with Crippen LogP contribution in [-0.2, 0) is 17.8 Å². The van der Waals surface area contributed by atoms with E-state index in [-0.39, 0.29) is 23.0 Å². The number of amides is 1. The Labute approximate surface area is 174 Å². The molecular weight excluding hydrogens is 387 g/mol. The smallest absolute Gasteiger partial charge is 0.233 e. The summed E-state index contributed by atoms with van der Waals surface area (Å²) in [6.45, 7) is 6.51. The lowest BCUT2D eigenvalue weighted by atomic mass is 10.1. The first-order valence-corrected chi connectivity index (χ1v) is 10.5. The molecule has 0 saturated carbocycles. The molecule has 0 spiro atoms. The van der Waals surface area contributed by atoms with Crippen LogP contribution in [0.4, 0.5) is 4.39 Å². The molecule has 3 aromatic rings. The fourth-order valence-corrected chi connectivity index (χ4v) is 3.95. The highest BCUT2D eigenvalue weighted by Crippen LogP contribution is 2.24. The minimum Gasteiger partial charge on any atom is -0.349 e. The average Bonchev–Trinajstić information content (AvgIpc) is 3.10. The molecule has 7 heteroatoms. The molecule has 2 aromatic carbocycles. The van der Waals surface area contributed by atoms with E-state index in [4.69, 9.17) is 0 Å². The Morgan fingerprint density at radius 3 is 2.45 bits per heavy atom. The van der Waals surface area contributed by atoms with Crippen LogP contribution in [0.25, 0.3) is 0 Å². The number of nitrogens with one attached hydrogen (secondary N) is 1. The molecule has 1 aromatic heterocycles. The first-order valence-electron chi connectivity index (χ1n) is 9.66. The lowest BCUT2D eigenvalue weighted by Crippen LogP contribution is -2.33. The number of hydrogen-bond acceptors (Lipinski definition) is 4. The largest absolute Gasteiger partial charge is 0.349 e. The van der Waals surface area contributed by atoms with Crippen molar-refractivity contribution in [3.63, 3.8) is 0 Å². The van der Waals surface area contributed by atoms with E-state index in [9.17, 15) is 9.18 Å². The maximum Gasteiger partial charge on any atom is 0.233 e. The summed E-state index contributed by atoms with van der Waals surface area (Å²) in [6.07, 6.45) is 0.699. The quantitative estimate of drug-likeness (QED) is 0.558. The number of hydrogen-bond donors (Lipinski definition) is 1. The molecule has 0 aliphatic rings. The molecule has 1 N–H and O–H groups in total. The van der Waals surface area contributed by atoms with Crippen LogP contribution in [0.1, 0.15) is 43.8 Å². The SMILES string of the molecule is CCn1c(Cc2ccccc2)nnc1S[C@H](C)C(=O)N[C@H](C)c1ccc(F)cc1. The standard InChI is InChI=1S/C22H25FN4OS/c1-4-27-20(14-17-8-6-5-7-9-17)25-26-22(27)29-16(3)21(28)24-15(2)18-10-12-19(23)13-11-18/h5-13,15-16H,4,14H2,1-3H3,(H,24,28)/t15-,16-/m1/s1. The lowest BCUT2D eigenvalue weighted by molar-refractivity contribution is -0.120.